The molecule has 2 aromatic rings. The fraction of sp³-hybridized carbons (Fsp3) is 0.471. The van der Waals surface area contributed by atoms with E-state index in [9.17, 15) is 9.90 Å². The summed E-state index contributed by atoms with van der Waals surface area (Å²) in [7, 11) is 1.47. The SMILES string of the molecule is COC(=O)C12CCCN(CCc3c1[nH]c1ccc(O)cc31)C2. The van der Waals surface area contributed by atoms with Gasteiger partial charge in [0.15, 0.2) is 0 Å². The van der Waals surface area contributed by atoms with Crippen molar-refractivity contribution in [2.45, 2.75) is 24.7 Å². The van der Waals surface area contributed by atoms with Crippen LogP contribution < -0.4 is 0 Å². The number of carbonyl (C=O) groups excluding carboxylic acids is 1. The molecule has 4 rings (SSSR count). The number of nitrogens with one attached hydrogen (secondary N) is 1. The number of nitrogens with zero attached hydrogens (tertiary/aromatic N) is 1. The minimum absolute atomic E-state index is 0.156. The van der Waals surface area contributed by atoms with Crippen LogP contribution in [0.25, 0.3) is 10.9 Å². The first-order valence-corrected chi connectivity index (χ1v) is 7.79. The Hall–Kier alpha value is -2.01. The van der Waals surface area contributed by atoms with E-state index in [1.807, 2.05) is 6.07 Å². The summed E-state index contributed by atoms with van der Waals surface area (Å²) in [6.45, 7) is 2.69. The largest absolute Gasteiger partial charge is 0.508 e. The number of aromatic nitrogens is 1. The summed E-state index contributed by atoms with van der Waals surface area (Å²) >= 11 is 0. The zero-order valence-electron chi connectivity index (χ0n) is 12.7. The van der Waals surface area contributed by atoms with Gasteiger partial charge in [0.2, 0.25) is 0 Å². The minimum Gasteiger partial charge on any atom is -0.508 e. The number of ether oxygens (including phenoxy) is 1. The van der Waals surface area contributed by atoms with Crippen molar-refractivity contribution < 1.29 is 14.6 Å². The Morgan fingerprint density at radius 2 is 2.27 bits per heavy atom. The normalized spacial score (nSPS) is 27.2. The van der Waals surface area contributed by atoms with Crippen molar-refractivity contribution in [1.82, 2.24) is 9.88 Å². The van der Waals surface area contributed by atoms with Crippen molar-refractivity contribution >= 4 is 16.9 Å². The highest BCUT2D eigenvalue weighted by Gasteiger charge is 2.48. The van der Waals surface area contributed by atoms with E-state index in [1.165, 1.54) is 7.11 Å². The lowest BCUT2D eigenvalue weighted by atomic mass is 9.76. The third-order valence-electron chi connectivity index (χ3n) is 5.19. The van der Waals surface area contributed by atoms with E-state index in [1.54, 1.807) is 12.1 Å². The Balaban J connectivity index is 1.98. The summed E-state index contributed by atoms with van der Waals surface area (Å²) in [6.07, 6.45) is 2.69. The van der Waals surface area contributed by atoms with Gasteiger partial charge in [0.25, 0.3) is 0 Å². The Kier molecular flexibility index (Phi) is 2.94. The van der Waals surface area contributed by atoms with E-state index in [0.29, 0.717) is 6.54 Å². The molecule has 1 fully saturated rings. The Labute approximate surface area is 128 Å². The van der Waals surface area contributed by atoms with Crippen LogP contribution in [0.4, 0.5) is 0 Å². The van der Waals surface area contributed by atoms with Crippen LogP contribution in [0.5, 0.6) is 5.75 Å². The molecule has 0 spiro atoms. The number of hydrogen-bond donors (Lipinski definition) is 2. The molecule has 1 aromatic heterocycles. The van der Waals surface area contributed by atoms with Gasteiger partial charge in [0.1, 0.15) is 11.2 Å². The van der Waals surface area contributed by atoms with Gasteiger partial charge in [-0.1, -0.05) is 0 Å². The number of carbonyl (C=O) groups is 1. The molecular formula is C17H20N2O3. The van der Waals surface area contributed by atoms with Gasteiger partial charge >= 0.3 is 5.97 Å². The number of rotatable bonds is 1. The van der Waals surface area contributed by atoms with Crippen LogP contribution in [0, 0.1) is 0 Å². The molecule has 3 heterocycles. The molecule has 2 unspecified atom stereocenters. The molecule has 116 valence electrons. The number of H-pyrrole nitrogens is 1. The summed E-state index contributed by atoms with van der Waals surface area (Å²) < 4.78 is 5.16. The molecule has 5 heteroatoms. The molecule has 5 nitrogen and oxygen atoms in total. The number of methoxy groups -OCH3 is 1. The molecule has 0 aliphatic carbocycles. The number of piperidine rings is 1. The van der Waals surface area contributed by atoms with Gasteiger partial charge in [0, 0.05) is 29.7 Å². The second kappa shape index (κ2) is 4.74. The molecular weight excluding hydrogens is 280 g/mol. The van der Waals surface area contributed by atoms with Gasteiger partial charge in [-0.3, -0.25) is 4.79 Å². The Bertz CT molecular complexity index is 752. The summed E-state index contributed by atoms with van der Waals surface area (Å²) in [5.41, 5.74) is 2.51. The fourth-order valence-electron chi connectivity index (χ4n) is 4.18. The first-order chi connectivity index (χ1) is 10.6. The molecule has 2 N–H and O–H groups in total. The molecule has 22 heavy (non-hydrogen) atoms. The summed E-state index contributed by atoms with van der Waals surface area (Å²) in [6, 6.07) is 5.35. The van der Waals surface area contributed by atoms with E-state index in [0.717, 1.165) is 54.5 Å². The third-order valence-corrected chi connectivity index (χ3v) is 5.19. The van der Waals surface area contributed by atoms with Crippen LogP contribution in [0.15, 0.2) is 18.2 Å². The highest BCUT2D eigenvalue weighted by atomic mass is 16.5. The standard InChI is InChI=1S/C17H20N2O3/c1-22-16(21)17-6-2-7-19(10-17)8-5-12-13-9-11(20)3-4-14(13)18-15(12)17/h3-4,9,18,20H,2,5-8,10H2,1H3. The highest BCUT2D eigenvalue weighted by molar-refractivity contribution is 5.91. The number of aromatic amines is 1. The van der Waals surface area contributed by atoms with E-state index >= 15 is 0 Å². The zero-order chi connectivity index (χ0) is 15.3. The maximum Gasteiger partial charge on any atom is 0.319 e. The molecule has 2 aliphatic rings. The zero-order valence-corrected chi connectivity index (χ0v) is 12.7. The van der Waals surface area contributed by atoms with Crippen LogP contribution in [-0.2, 0) is 21.4 Å². The fourth-order valence-corrected chi connectivity index (χ4v) is 4.18. The van der Waals surface area contributed by atoms with E-state index in [2.05, 4.69) is 9.88 Å². The molecule has 2 atom stereocenters. The smallest absolute Gasteiger partial charge is 0.319 e. The lowest BCUT2D eigenvalue weighted by Crippen LogP contribution is -2.50. The lowest BCUT2D eigenvalue weighted by molar-refractivity contribution is -0.150. The monoisotopic (exact) mass is 300 g/mol. The van der Waals surface area contributed by atoms with Gasteiger partial charge < -0.3 is 19.7 Å². The third kappa shape index (κ3) is 1.78. The van der Waals surface area contributed by atoms with E-state index < -0.39 is 5.41 Å². The lowest BCUT2D eigenvalue weighted by Gasteiger charge is -2.38. The van der Waals surface area contributed by atoms with Crippen molar-refractivity contribution in [3.63, 3.8) is 0 Å². The molecule has 1 aromatic carbocycles. The van der Waals surface area contributed by atoms with Crippen LogP contribution in [0.2, 0.25) is 0 Å². The Morgan fingerprint density at radius 3 is 3.09 bits per heavy atom. The van der Waals surface area contributed by atoms with Crippen molar-refractivity contribution in [3.05, 3.63) is 29.5 Å². The molecule has 0 saturated carbocycles. The van der Waals surface area contributed by atoms with Crippen molar-refractivity contribution in [2.24, 2.45) is 0 Å². The highest BCUT2D eigenvalue weighted by Crippen LogP contribution is 2.42. The van der Waals surface area contributed by atoms with E-state index in [-0.39, 0.29) is 11.7 Å². The number of phenolic OH excluding ortho intramolecular Hbond substituents is 1. The van der Waals surface area contributed by atoms with Crippen LogP contribution >= 0.6 is 0 Å². The van der Waals surface area contributed by atoms with Gasteiger partial charge in [-0.15, -0.1) is 0 Å². The van der Waals surface area contributed by atoms with Crippen molar-refractivity contribution in [2.75, 3.05) is 26.7 Å². The number of phenols is 1. The maximum atomic E-state index is 12.6. The number of esters is 1. The molecule has 2 aliphatic heterocycles. The predicted molar refractivity (Wildman–Crippen MR) is 83.0 cm³/mol. The second-order valence-electron chi connectivity index (χ2n) is 6.41. The molecule has 1 saturated heterocycles. The van der Waals surface area contributed by atoms with E-state index in [4.69, 9.17) is 4.74 Å². The molecule has 2 bridgehead atoms. The average Bonchev–Trinajstić information content (AvgIpc) is 2.85. The topological polar surface area (TPSA) is 65.6 Å². The molecule has 0 amide bonds. The second-order valence-corrected chi connectivity index (χ2v) is 6.41. The number of benzene rings is 1. The van der Waals surface area contributed by atoms with Gasteiger partial charge in [-0.25, -0.2) is 0 Å². The average molecular weight is 300 g/mol. The number of aromatic hydroxyl groups is 1. The predicted octanol–water partition coefficient (Wildman–Crippen LogP) is 1.94. The maximum absolute atomic E-state index is 12.6. The minimum atomic E-state index is -0.604. The summed E-state index contributed by atoms with van der Waals surface area (Å²) in [5, 5.41) is 10.8. The Morgan fingerprint density at radius 1 is 1.41 bits per heavy atom. The summed E-state index contributed by atoms with van der Waals surface area (Å²) in [4.78, 5) is 18.4. The van der Waals surface area contributed by atoms with Crippen molar-refractivity contribution in [1.29, 1.82) is 0 Å². The van der Waals surface area contributed by atoms with Crippen LogP contribution in [-0.4, -0.2) is 47.7 Å². The van der Waals surface area contributed by atoms with Crippen LogP contribution in [0.3, 0.4) is 0 Å². The van der Waals surface area contributed by atoms with Gasteiger partial charge in [-0.05, 0) is 49.6 Å². The quantitative estimate of drug-likeness (QED) is 0.790. The van der Waals surface area contributed by atoms with Gasteiger partial charge in [-0.2, -0.15) is 0 Å². The summed E-state index contributed by atoms with van der Waals surface area (Å²) in [5.74, 6) is 0.102. The van der Waals surface area contributed by atoms with Crippen LogP contribution in [0.1, 0.15) is 24.1 Å². The first-order valence-electron chi connectivity index (χ1n) is 7.79. The number of hydrogen-bond acceptors (Lipinski definition) is 4. The number of fused-ring (bicyclic) bond motifs is 6. The van der Waals surface area contributed by atoms with Crippen molar-refractivity contribution in [3.8, 4) is 5.75 Å². The van der Waals surface area contributed by atoms with Gasteiger partial charge in [0.05, 0.1) is 7.11 Å². The first kappa shape index (κ1) is 13.6. The molecule has 0 radical (unpaired) electrons.